The lowest BCUT2D eigenvalue weighted by Gasteiger charge is -2.23. The van der Waals surface area contributed by atoms with Gasteiger partial charge in [-0.3, -0.25) is 4.79 Å². The van der Waals surface area contributed by atoms with Crippen LogP contribution in [0.25, 0.3) is 0 Å². The number of rotatable bonds is 8. The summed E-state index contributed by atoms with van der Waals surface area (Å²) in [5.74, 6) is 1.62. The van der Waals surface area contributed by atoms with Crippen molar-refractivity contribution in [1.29, 1.82) is 0 Å². The summed E-state index contributed by atoms with van der Waals surface area (Å²) in [6.07, 6.45) is 9.51. The monoisotopic (exact) mass is 377 g/mol. The van der Waals surface area contributed by atoms with Crippen molar-refractivity contribution in [3.8, 4) is 0 Å². The first-order valence-corrected chi connectivity index (χ1v) is 10.8. The first kappa shape index (κ1) is 19.4. The summed E-state index contributed by atoms with van der Waals surface area (Å²) in [6, 6.07) is 0.355. The Bertz CT molecular complexity index is 605. The van der Waals surface area contributed by atoms with Gasteiger partial charge in [-0.25, -0.2) is 0 Å². The molecule has 7 heteroatoms. The summed E-state index contributed by atoms with van der Waals surface area (Å²) >= 11 is 1.55. The highest BCUT2D eigenvalue weighted by atomic mass is 32.2. The molecule has 1 saturated carbocycles. The Morgan fingerprint density at radius 2 is 2.08 bits per heavy atom. The van der Waals surface area contributed by atoms with Crippen molar-refractivity contribution in [3.05, 3.63) is 18.5 Å². The molecule has 26 heavy (non-hydrogen) atoms. The minimum atomic E-state index is -0.121. The lowest BCUT2D eigenvalue weighted by atomic mass is 9.97. The third-order valence-corrected chi connectivity index (χ3v) is 6.72. The fourth-order valence-corrected chi connectivity index (χ4v) is 4.86. The van der Waals surface area contributed by atoms with Gasteiger partial charge in [-0.2, -0.15) is 0 Å². The van der Waals surface area contributed by atoms with E-state index in [1.54, 1.807) is 11.8 Å². The lowest BCUT2D eigenvalue weighted by molar-refractivity contribution is -0.121. The van der Waals surface area contributed by atoms with E-state index in [0.717, 1.165) is 56.2 Å². The van der Waals surface area contributed by atoms with Gasteiger partial charge in [0.25, 0.3) is 0 Å². The highest BCUT2D eigenvalue weighted by Gasteiger charge is 2.27. The molecule has 0 spiro atoms. The van der Waals surface area contributed by atoms with Crippen molar-refractivity contribution in [2.75, 3.05) is 13.1 Å². The van der Waals surface area contributed by atoms with Crippen LogP contribution in [0.2, 0.25) is 0 Å². The largest absolute Gasteiger partial charge is 0.352 e. The molecular formula is C19H31N5OS. The predicted molar refractivity (Wildman–Crippen MR) is 105 cm³/mol. The van der Waals surface area contributed by atoms with Gasteiger partial charge >= 0.3 is 0 Å². The number of thioether (sulfide) groups is 1. The van der Waals surface area contributed by atoms with Gasteiger partial charge in [0.1, 0.15) is 5.82 Å². The maximum absolute atomic E-state index is 12.7. The number of nitrogens with one attached hydrogen (secondary N) is 2. The molecule has 1 aromatic heterocycles. The molecule has 2 heterocycles. The normalized spacial score (nSPS) is 20.2. The van der Waals surface area contributed by atoms with Crippen LogP contribution in [0, 0.1) is 0 Å². The average Bonchev–Trinajstić information content (AvgIpc) is 3.31. The quantitative estimate of drug-likeness (QED) is 0.538. The molecule has 2 N–H and O–H groups in total. The van der Waals surface area contributed by atoms with Crippen molar-refractivity contribution in [2.45, 2.75) is 80.8 Å². The van der Waals surface area contributed by atoms with Crippen LogP contribution < -0.4 is 10.6 Å². The van der Waals surface area contributed by atoms with Gasteiger partial charge < -0.3 is 15.2 Å². The maximum Gasteiger partial charge on any atom is 0.233 e. The molecule has 0 aromatic carbocycles. The number of nitrogens with zero attached hydrogens (tertiary/aromatic N) is 3. The SMILES string of the molecule is C=CCn1c(SC(CC)C(=O)NC2CCCC2)nnc1C1CCNCC1. The van der Waals surface area contributed by atoms with Crippen molar-refractivity contribution < 1.29 is 4.79 Å². The first-order valence-electron chi connectivity index (χ1n) is 9.94. The molecule has 0 bridgehead atoms. The third kappa shape index (κ3) is 4.68. The van der Waals surface area contributed by atoms with Gasteiger partial charge in [0.15, 0.2) is 5.16 Å². The number of amides is 1. The molecule has 6 nitrogen and oxygen atoms in total. The van der Waals surface area contributed by atoms with Crippen LogP contribution in [-0.4, -0.2) is 45.1 Å². The molecule has 1 aromatic rings. The highest BCUT2D eigenvalue weighted by molar-refractivity contribution is 8.00. The van der Waals surface area contributed by atoms with E-state index in [-0.39, 0.29) is 11.2 Å². The molecule has 1 saturated heterocycles. The Morgan fingerprint density at radius 3 is 2.73 bits per heavy atom. The standard InChI is InChI=1S/C19H31N5OS/c1-3-13-24-17(14-9-11-20-12-10-14)22-23-19(24)26-16(4-2)18(25)21-15-7-5-6-8-15/h3,14-16,20H,1,4-13H2,2H3,(H,21,25). The molecule has 3 rings (SSSR count). The van der Waals surface area contributed by atoms with Crippen LogP contribution in [0.3, 0.4) is 0 Å². The number of aromatic nitrogens is 3. The number of hydrogen-bond acceptors (Lipinski definition) is 5. The molecule has 2 fully saturated rings. The number of piperidine rings is 1. The number of carbonyl (C=O) groups is 1. The first-order chi connectivity index (χ1) is 12.7. The maximum atomic E-state index is 12.7. The summed E-state index contributed by atoms with van der Waals surface area (Å²) in [6.45, 7) is 8.69. The van der Waals surface area contributed by atoms with E-state index in [9.17, 15) is 4.79 Å². The van der Waals surface area contributed by atoms with E-state index in [1.165, 1.54) is 12.8 Å². The van der Waals surface area contributed by atoms with E-state index in [1.807, 2.05) is 6.08 Å². The summed E-state index contributed by atoms with van der Waals surface area (Å²) in [7, 11) is 0. The van der Waals surface area contributed by atoms with Gasteiger partial charge in [-0.15, -0.1) is 16.8 Å². The van der Waals surface area contributed by atoms with E-state index in [0.29, 0.717) is 18.5 Å². The fourth-order valence-electron chi connectivity index (χ4n) is 3.88. The van der Waals surface area contributed by atoms with Crippen LogP contribution in [0.4, 0.5) is 0 Å². The summed E-state index contributed by atoms with van der Waals surface area (Å²) in [5.41, 5.74) is 0. The molecule has 1 atom stereocenters. The minimum Gasteiger partial charge on any atom is -0.352 e. The minimum absolute atomic E-state index is 0.121. The van der Waals surface area contributed by atoms with Crippen molar-refractivity contribution >= 4 is 17.7 Å². The zero-order valence-electron chi connectivity index (χ0n) is 15.7. The van der Waals surface area contributed by atoms with E-state index in [4.69, 9.17) is 0 Å². The molecular weight excluding hydrogens is 346 g/mol. The summed E-state index contributed by atoms with van der Waals surface area (Å²) in [4.78, 5) is 12.7. The van der Waals surface area contributed by atoms with Gasteiger partial charge in [0, 0.05) is 18.5 Å². The Hall–Kier alpha value is -1.34. The summed E-state index contributed by atoms with van der Waals surface area (Å²) in [5, 5.41) is 16.3. The topological polar surface area (TPSA) is 71.8 Å². The van der Waals surface area contributed by atoms with Gasteiger partial charge in [-0.1, -0.05) is 37.6 Å². The molecule has 0 radical (unpaired) electrons. The van der Waals surface area contributed by atoms with Crippen molar-refractivity contribution in [1.82, 2.24) is 25.4 Å². The van der Waals surface area contributed by atoms with E-state index >= 15 is 0 Å². The van der Waals surface area contributed by atoms with Crippen LogP contribution in [-0.2, 0) is 11.3 Å². The average molecular weight is 378 g/mol. The fraction of sp³-hybridized carbons (Fsp3) is 0.737. The predicted octanol–water partition coefficient (Wildman–Crippen LogP) is 2.86. The lowest BCUT2D eigenvalue weighted by Crippen LogP contribution is -2.38. The molecule has 1 aliphatic heterocycles. The number of allylic oxidation sites excluding steroid dienone is 1. The summed E-state index contributed by atoms with van der Waals surface area (Å²) < 4.78 is 2.15. The Morgan fingerprint density at radius 1 is 1.35 bits per heavy atom. The number of carbonyl (C=O) groups excluding carboxylic acids is 1. The Balaban J connectivity index is 1.70. The molecule has 144 valence electrons. The van der Waals surface area contributed by atoms with Gasteiger partial charge in [0.2, 0.25) is 5.91 Å². The Kier molecular flexibility index (Phi) is 7.14. The number of hydrogen-bond donors (Lipinski definition) is 2. The molecule has 1 amide bonds. The molecule has 2 aliphatic rings. The Labute approximate surface area is 160 Å². The molecule has 1 aliphatic carbocycles. The zero-order chi connectivity index (χ0) is 18.4. The second-order valence-corrected chi connectivity index (χ2v) is 8.44. The zero-order valence-corrected chi connectivity index (χ0v) is 16.6. The second kappa shape index (κ2) is 9.55. The van der Waals surface area contributed by atoms with Gasteiger partial charge in [0.05, 0.1) is 5.25 Å². The van der Waals surface area contributed by atoms with Crippen LogP contribution in [0.15, 0.2) is 17.8 Å². The smallest absolute Gasteiger partial charge is 0.233 e. The van der Waals surface area contributed by atoms with E-state index in [2.05, 4.69) is 38.9 Å². The van der Waals surface area contributed by atoms with Crippen LogP contribution >= 0.6 is 11.8 Å². The second-order valence-electron chi connectivity index (χ2n) is 7.27. The van der Waals surface area contributed by atoms with Crippen LogP contribution in [0.5, 0.6) is 0 Å². The van der Waals surface area contributed by atoms with Crippen molar-refractivity contribution in [2.24, 2.45) is 0 Å². The van der Waals surface area contributed by atoms with Gasteiger partial charge in [-0.05, 0) is 45.2 Å². The highest BCUT2D eigenvalue weighted by Crippen LogP contribution is 2.30. The van der Waals surface area contributed by atoms with E-state index < -0.39 is 0 Å². The third-order valence-electron chi connectivity index (χ3n) is 5.37. The van der Waals surface area contributed by atoms with Crippen LogP contribution in [0.1, 0.15) is 63.6 Å². The molecule has 1 unspecified atom stereocenters. The van der Waals surface area contributed by atoms with Crippen molar-refractivity contribution in [3.63, 3.8) is 0 Å².